The summed E-state index contributed by atoms with van der Waals surface area (Å²) in [5.41, 5.74) is 0.578. The van der Waals surface area contributed by atoms with Gasteiger partial charge in [0, 0.05) is 25.7 Å². The molecule has 1 N–H and O–H groups in total. The van der Waals surface area contributed by atoms with E-state index >= 15 is 0 Å². The van der Waals surface area contributed by atoms with Gasteiger partial charge >= 0.3 is 6.09 Å². The maximum absolute atomic E-state index is 14.1. The van der Waals surface area contributed by atoms with E-state index in [1.165, 1.54) is 35.7 Å². The van der Waals surface area contributed by atoms with Crippen molar-refractivity contribution in [1.82, 2.24) is 14.5 Å². The molecule has 8 nitrogen and oxygen atoms in total. The number of hydrogen-bond acceptors (Lipinski definition) is 6. The normalized spacial score (nSPS) is 23.6. The maximum atomic E-state index is 14.1. The smallest absolute Gasteiger partial charge is 0.410 e. The first-order valence-electron chi connectivity index (χ1n) is 11.9. The first kappa shape index (κ1) is 25.4. The van der Waals surface area contributed by atoms with Crippen LogP contribution in [-0.2, 0) is 14.8 Å². The zero-order valence-corrected chi connectivity index (χ0v) is 20.8. The fourth-order valence-electron chi connectivity index (χ4n) is 4.84. The number of amides is 1. The van der Waals surface area contributed by atoms with E-state index in [1.54, 1.807) is 29.2 Å². The van der Waals surface area contributed by atoms with Crippen molar-refractivity contribution in [2.45, 2.75) is 49.2 Å². The second kappa shape index (κ2) is 10.9. The second-order valence-electron chi connectivity index (χ2n) is 8.99. The molecule has 2 aliphatic rings. The lowest BCUT2D eigenvalue weighted by Gasteiger charge is -2.41. The molecule has 2 saturated heterocycles. The number of piperazine rings is 1. The summed E-state index contributed by atoms with van der Waals surface area (Å²) in [5, 5.41) is 3.23. The molecule has 2 aromatic rings. The van der Waals surface area contributed by atoms with Crippen molar-refractivity contribution in [3.05, 3.63) is 59.9 Å². The van der Waals surface area contributed by atoms with E-state index in [1.807, 2.05) is 6.92 Å². The molecule has 190 valence electrons. The number of nitrogens with one attached hydrogen (secondary N) is 1. The van der Waals surface area contributed by atoms with Gasteiger partial charge in [0.1, 0.15) is 18.2 Å². The topological polar surface area (TPSA) is 88.2 Å². The van der Waals surface area contributed by atoms with E-state index in [2.05, 4.69) is 5.32 Å². The molecule has 0 aliphatic carbocycles. The first-order valence-corrected chi connectivity index (χ1v) is 13.3. The average molecular weight is 506 g/mol. The lowest BCUT2D eigenvalue weighted by atomic mass is 9.93. The quantitative estimate of drug-likeness (QED) is 0.646. The van der Waals surface area contributed by atoms with Crippen LogP contribution in [0.3, 0.4) is 0 Å². The van der Waals surface area contributed by atoms with Crippen molar-refractivity contribution in [1.29, 1.82) is 0 Å². The Morgan fingerprint density at radius 1 is 1.17 bits per heavy atom. The van der Waals surface area contributed by atoms with Gasteiger partial charge in [-0.05, 0) is 68.1 Å². The molecule has 0 bridgehead atoms. The van der Waals surface area contributed by atoms with Gasteiger partial charge in [0.05, 0.1) is 24.1 Å². The molecular weight excluding hydrogens is 473 g/mol. The maximum Gasteiger partial charge on any atom is 0.410 e. The number of ether oxygens (including phenoxy) is 2. The van der Waals surface area contributed by atoms with Gasteiger partial charge in [-0.25, -0.2) is 17.6 Å². The molecule has 10 heteroatoms. The number of sulfonamides is 1. The van der Waals surface area contributed by atoms with Gasteiger partial charge < -0.3 is 19.7 Å². The highest BCUT2D eigenvalue weighted by Crippen LogP contribution is 2.39. The summed E-state index contributed by atoms with van der Waals surface area (Å²) in [7, 11) is -2.48. The van der Waals surface area contributed by atoms with Gasteiger partial charge in [0.2, 0.25) is 10.0 Å². The van der Waals surface area contributed by atoms with Gasteiger partial charge in [-0.2, -0.15) is 4.31 Å². The van der Waals surface area contributed by atoms with Gasteiger partial charge in [0.15, 0.2) is 0 Å². The van der Waals surface area contributed by atoms with Crippen LogP contribution in [0.4, 0.5) is 9.18 Å². The Kier molecular flexibility index (Phi) is 7.93. The van der Waals surface area contributed by atoms with Crippen molar-refractivity contribution in [2.24, 2.45) is 0 Å². The molecule has 1 amide bonds. The molecule has 0 spiro atoms. The highest BCUT2D eigenvalue weighted by molar-refractivity contribution is 7.89. The van der Waals surface area contributed by atoms with Crippen LogP contribution >= 0.6 is 0 Å². The fraction of sp³-hybridized carbons (Fsp3) is 0.480. The molecule has 2 heterocycles. The van der Waals surface area contributed by atoms with E-state index in [4.69, 9.17) is 9.47 Å². The fourth-order valence-corrected chi connectivity index (χ4v) is 6.68. The summed E-state index contributed by atoms with van der Waals surface area (Å²) in [6.45, 7) is 3.76. The number of methoxy groups -OCH3 is 1. The van der Waals surface area contributed by atoms with E-state index in [9.17, 15) is 17.6 Å². The minimum absolute atomic E-state index is 0.0122. The zero-order valence-electron chi connectivity index (χ0n) is 20.0. The molecule has 0 radical (unpaired) electrons. The van der Waals surface area contributed by atoms with E-state index < -0.39 is 34.0 Å². The number of rotatable bonds is 6. The standard InChI is InChI=1S/C25H32FN3O5S/c1-18-16-27-13-14-28(18)25(30)34-17-21-7-4-8-24(19-5-3-6-20(26)15-19)29(21)35(31,32)23-11-9-22(33-2)10-12-23/h3,5-6,9-12,15,18,21,24,27H,4,7-8,13-14,16-17H2,1-2H3/t18-,21+,24-/m0/s1. The van der Waals surface area contributed by atoms with Crippen LogP contribution in [0.1, 0.15) is 37.8 Å². The Balaban J connectivity index is 1.63. The van der Waals surface area contributed by atoms with Gasteiger partial charge in [-0.1, -0.05) is 12.1 Å². The predicted octanol–water partition coefficient (Wildman–Crippen LogP) is 3.55. The van der Waals surface area contributed by atoms with Crippen LogP contribution in [0.5, 0.6) is 5.75 Å². The van der Waals surface area contributed by atoms with Crippen molar-refractivity contribution in [3.8, 4) is 5.75 Å². The predicted molar refractivity (Wildman–Crippen MR) is 129 cm³/mol. The molecular formula is C25H32FN3O5S. The number of benzene rings is 2. The van der Waals surface area contributed by atoms with Crippen LogP contribution in [-0.4, -0.2) is 69.2 Å². The zero-order chi connectivity index (χ0) is 25.0. The molecule has 35 heavy (non-hydrogen) atoms. The van der Waals surface area contributed by atoms with Crippen LogP contribution in [0.25, 0.3) is 0 Å². The number of carbonyl (C=O) groups excluding carboxylic acids is 1. The van der Waals surface area contributed by atoms with Crippen molar-refractivity contribution < 1.29 is 27.1 Å². The second-order valence-corrected chi connectivity index (χ2v) is 10.8. The molecule has 2 aromatic carbocycles. The van der Waals surface area contributed by atoms with Crippen molar-refractivity contribution in [2.75, 3.05) is 33.4 Å². The third-order valence-electron chi connectivity index (χ3n) is 6.69. The summed E-state index contributed by atoms with van der Waals surface area (Å²) in [6.07, 6.45) is 1.35. The van der Waals surface area contributed by atoms with Gasteiger partial charge in [0.25, 0.3) is 0 Å². The SMILES string of the molecule is COc1ccc(S(=O)(=O)N2[C@@H](COC(=O)N3CCNC[C@@H]3C)CCC[C@H]2c2cccc(F)c2)cc1. The monoisotopic (exact) mass is 505 g/mol. The van der Waals surface area contributed by atoms with Crippen LogP contribution in [0, 0.1) is 5.82 Å². The van der Waals surface area contributed by atoms with E-state index in [-0.39, 0.29) is 17.5 Å². The van der Waals surface area contributed by atoms with Crippen molar-refractivity contribution in [3.63, 3.8) is 0 Å². The molecule has 0 saturated carbocycles. The molecule has 0 unspecified atom stereocenters. The third kappa shape index (κ3) is 5.60. The molecule has 2 fully saturated rings. The minimum Gasteiger partial charge on any atom is -0.497 e. The Labute approximate surface area is 206 Å². The number of halogens is 1. The number of nitrogens with zero attached hydrogens (tertiary/aromatic N) is 2. The summed E-state index contributed by atoms with van der Waals surface area (Å²) < 4.78 is 54.1. The molecule has 4 rings (SSSR count). The Hall–Kier alpha value is -2.69. The molecule has 2 aliphatic heterocycles. The Morgan fingerprint density at radius 3 is 2.63 bits per heavy atom. The van der Waals surface area contributed by atoms with Crippen LogP contribution in [0.2, 0.25) is 0 Å². The lowest BCUT2D eigenvalue weighted by Crippen LogP contribution is -2.53. The summed E-state index contributed by atoms with van der Waals surface area (Å²) >= 11 is 0. The molecule has 0 aromatic heterocycles. The van der Waals surface area contributed by atoms with Crippen LogP contribution < -0.4 is 10.1 Å². The van der Waals surface area contributed by atoms with Crippen molar-refractivity contribution >= 4 is 16.1 Å². The number of hydrogen-bond donors (Lipinski definition) is 1. The van der Waals surface area contributed by atoms with E-state index in [0.717, 1.165) is 6.42 Å². The highest BCUT2D eigenvalue weighted by Gasteiger charge is 2.41. The number of piperidine rings is 1. The number of carbonyl (C=O) groups is 1. The summed E-state index contributed by atoms with van der Waals surface area (Å²) in [4.78, 5) is 14.6. The van der Waals surface area contributed by atoms with E-state index in [0.29, 0.717) is 43.8 Å². The average Bonchev–Trinajstić information content (AvgIpc) is 2.87. The molecule has 3 atom stereocenters. The summed E-state index contributed by atoms with van der Waals surface area (Å²) in [6, 6.07) is 11.0. The Bertz CT molecular complexity index is 1130. The minimum atomic E-state index is -3.99. The largest absolute Gasteiger partial charge is 0.497 e. The first-order chi connectivity index (χ1) is 16.8. The van der Waals surface area contributed by atoms with Gasteiger partial charge in [-0.3, -0.25) is 0 Å². The van der Waals surface area contributed by atoms with Gasteiger partial charge in [-0.15, -0.1) is 0 Å². The Morgan fingerprint density at radius 2 is 1.94 bits per heavy atom. The summed E-state index contributed by atoms with van der Waals surface area (Å²) in [5.74, 6) is 0.116. The lowest BCUT2D eigenvalue weighted by molar-refractivity contribution is 0.0500. The third-order valence-corrected chi connectivity index (χ3v) is 8.66. The highest BCUT2D eigenvalue weighted by atomic mass is 32.2. The van der Waals surface area contributed by atoms with Crippen LogP contribution in [0.15, 0.2) is 53.4 Å².